The van der Waals surface area contributed by atoms with Crippen LogP contribution in [0.3, 0.4) is 0 Å². The number of rotatable bonds is 5. The Morgan fingerprint density at radius 2 is 2.06 bits per heavy atom. The average molecular weight is 240 g/mol. The Labute approximate surface area is 102 Å². The van der Waals surface area contributed by atoms with Gasteiger partial charge in [0.05, 0.1) is 6.61 Å². The van der Waals surface area contributed by atoms with Gasteiger partial charge < -0.3 is 15.3 Å². The number of benzene rings is 1. The molecule has 0 aliphatic carbocycles. The Morgan fingerprint density at radius 1 is 1.41 bits per heavy atom. The monoisotopic (exact) mass is 240 g/mol. The van der Waals surface area contributed by atoms with Gasteiger partial charge in [-0.25, -0.2) is 4.39 Å². The van der Waals surface area contributed by atoms with E-state index in [2.05, 4.69) is 5.32 Å². The van der Waals surface area contributed by atoms with Crippen molar-refractivity contribution in [3.8, 4) is 0 Å². The predicted octanol–water partition coefficient (Wildman–Crippen LogP) is 1.92. The van der Waals surface area contributed by atoms with Gasteiger partial charge in [-0.3, -0.25) is 0 Å². The molecule has 1 rings (SSSR count). The summed E-state index contributed by atoms with van der Waals surface area (Å²) in [4.78, 5) is 1.90. The lowest BCUT2D eigenvalue weighted by Crippen LogP contribution is -2.33. The van der Waals surface area contributed by atoms with Gasteiger partial charge in [-0.1, -0.05) is 6.07 Å². The summed E-state index contributed by atoms with van der Waals surface area (Å²) in [5, 5.41) is 12.2. The van der Waals surface area contributed by atoms with E-state index in [4.69, 9.17) is 0 Å². The highest BCUT2D eigenvalue weighted by molar-refractivity contribution is 5.55. The molecule has 0 heterocycles. The molecule has 17 heavy (non-hydrogen) atoms. The molecule has 96 valence electrons. The van der Waals surface area contributed by atoms with Crippen LogP contribution in [0.2, 0.25) is 0 Å². The van der Waals surface area contributed by atoms with Crippen LogP contribution < -0.4 is 10.2 Å². The lowest BCUT2D eigenvalue weighted by molar-refractivity contribution is 0.270. The van der Waals surface area contributed by atoms with Gasteiger partial charge in [0.15, 0.2) is 0 Å². The zero-order valence-electron chi connectivity index (χ0n) is 10.9. The number of aliphatic hydroxyl groups is 1. The minimum atomic E-state index is -0.221. The molecule has 0 saturated carbocycles. The van der Waals surface area contributed by atoms with Gasteiger partial charge in [0.1, 0.15) is 5.82 Å². The largest absolute Gasteiger partial charge is 0.394 e. The summed E-state index contributed by atoms with van der Waals surface area (Å²) >= 11 is 0. The number of nitrogens with zero attached hydrogens (tertiary/aromatic N) is 1. The zero-order valence-corrected chi connectivity index (χ0v) is 10.9. The van der Waals surface area contributed by atoms with Crippen molar-refractivity contribution >= 4 is 5.69 Å². The summed E-state index contributed by atoms with van der Waals surface area (Å²) < 4.78 is 13.9. The number of hydrogen-bond donors (Lipinski definition) is 2. The smallest absolute Gasteiger partial charge is 0.130 e. The number of hydrogen-bond acceptors (Lipinski definition) is 3. The minimum Gasteiger partial charge on any atom is -0.394 e. The van der Waals surface area contributed by atoms with Gasteiger partial charge in [0.25, 0.3) is 0 Å². The van der Waals surface area contributed by atoms with Crippen molar-refractivity contribution in [2.24, 2.45) is 0 Å². The first-order chi connectivity index (χ1) is 8.02. The maximum absolute atomic E-state index is 13.9. The van der Waals surface area contributed by atoms with Crippen LogP contribution in [-0.2, 0) is 0 Å². The first kappa shape index (κ1) is 13.9. The molecule has 1 aromatic rings. The quantitative estimate of drug-likeness (QED) is 0.825. The fraction of sp³-hybridized carbons (Fsp3) is 0.538. The lowest BCUT2D eigenvalue weighted by atomic mass is 10.0. The van der Waals surface area contributed by atoms with Crippen molar-refractivity contribution in [3.63, 3.8) is 0 Å². The highest BCUT2D eigenvalue weighted by Crippen LogP contribution is 2.29. The molecular formula is C13H21FN2O. The van der Waals surface area contributed by atoms with Crippen LogP contribution in [0.5, 0.6) is 0 Å². The van der Waals surface area contributed by atoms with Crippen molar-refractivity contribution in [1.29, 1.82) is 0 Å². The van der Waals surface area contributed by atoms with E-state index in [1.54, 1.807) is 13.1 Å². The normalized spacial score (nSPS) is 14.5. The molecule has 0 spiro atoms. The first-order valence-corrected chi connectivity index (χ1v) is 5.82. The molecule has 0 aromatic heterocycles. The Bertz CT molecular complexity index is 370. The van der Waals surface area contributed by atoms with Crippen molar-refractivity contribution in [2.75, 3.05) is 25.6 Å². The third kappa shape index (κ3) is 2.96. The number of aliphatic hydroxyl groups excluding tert-OH is 1. The van der Waals surface area contributed by atoms with Crippen LogP contribution in [0.25, 0.3) is 0 Å². The van der Waals surface area contributed by atoms with Gasteiger partial charge in [-0.15, -0.1) is 0 Å². The second-order valence-electron chi connectivity index (χ2n) is 4.33. The van der Waals surface area contributed by atoms with E-state index in [1.807, 2.05) is 31.9 Å². The van der Waals surface area contributed by atoms with E-state index in [0.717, 1.165) is 5.69 Å². The van der Waals surface area contributed by atoms with Gasteiger partial charge in [-0.2, -0.15) is 0 Å². The van der Waals surface area contributed by atoms with Crippen LogP contribution in [0.15, 0.2) is 18.2 Å². The summed E-state index contributed by atoms with van der Waals surface area (Å²) in [6, 6.07) is 4.92. The first-order valence-electron chi connectivity index (χ1n) is 5.82. The third-order valence-corrected chi connectivity index (χ3v) is 3.20. The Morgan fingerprint density at radius 3 is 2.59 bits per heavy atom. The van der Waals surface area contributed by atoms with Crippen LogP contribution in [0.1, 0.15) is 25.5 Å². The SMILES string of the molecule is CNC(C)c1c(F)cccc1N(C)C(C)CO. The Hall–Kier alpha value is -1.13. The molecule has 0 fully saturated rings. The van der Waals surface area contributed by atoms with Crippen LogP contribution in [-0.4, -0.2) is 31.9 Å². The van der Waals surface area contributed by atoms with Gasteiger partial charge in [0, 0.05) is 30.4 Å². The average Bonchev–Trinajstić information content (AvgIpc) is 2.35. The molecule has 0 radical (unpaired) electrons. The molecule has 3 nitrogen and oxygen atoms in total. The number of halogens is 1. The van der Waals surface area contributed by atoms with E-state index in [-0.39, 0.29) is 24.5 Å². The van der Waals surface area contributed by atoms with Crippen LogP contribution in [0.4, 0.5) is 10.1 Å². The zero-order chi connectivity index (χ0) is 13.0. The van der Waals surface area contributed by atoms with Crippen molar-refractivity contribution in [2.45, 2.75) is 25.9 Å². The Kier molecular flexibility index (Phi) is 4.90. The molecule has 1 aromatic carbocycles. The van der Waals surface area contributed by atoms with Crippen LogP contribution in [0, 0.1) is 5.82 Å². The minimum absolute atomic E-state index is 0.0420. The Balaban J connectivity index is 3.18. The molecule has 0 aliphatic rings. The topological polar surface area (TPSA) is 35.5 Å². The molecule has 4 heteroatoms. The standard InChI is InChI=1S/C13H21FN2O/c1-9(8-17)16(4)12-7-5-6-11(14)13(12)10(2)15-3/h5-7,9-10,15,17H,8H2,1-4H3. The molecule has 0 saturated heterocycles. The number of likely N-dealkylation sites (N-methyl/N-ethyl adjacent to an activating group) is 1. The van der Waals surface area contributed by atoms with Crippen molar-refractivity contribution < 1.29 is 9.50 Å². The molecule has 2 atom stereocenters. The molecule has 2 unspecified atom stereocenters. The maximum Gasteiger partial charge on any atom is 0.130 e. The maximum atomic E-state index is 13.9. The number of anilines is 1. The summed E-state index contributed by atoms with van der Waals surface area (Å²) in [6.45, 7) is 3.86. The molecule has 2 N–H and O–H groups in total. The highest BCUT2D eigenvalue weighted by atomic mass is 19.1. The van der Waals surface area contributed by atoms with E-state index in [1.165, 1.54) is 6.07 Å². The van der Waals surface area contributed by atoms with Gasteiger partial charge in [-0.05, 0) is 33.0 Å². The fourth-order valence-electron chi connectivity index (χ4n) is 1.77. The van der Waals surface area contributed by atoms with E-state index < -0.39 is 0 Å². The molecular weight excluding hydrogens is 219 g/mol. The second kappa shape index (κ2) is 5.98. The number of nitrogens with one attached hydrogen (secondary N) is 1. The van der Waals surface area contributed by atoms with Crippen molar-refractivity contribution in [3.05, 3.63) is 29.6 Å². The molecule has 0 bridgehead atoms. The summed E-state index contributed by atoms with van der Waals surface area (Å²) in [5.41, 5.74) is 1.45. The predicted molar refractivity (Wildman–Crippen MR) is 68.8 cm³/mol. The fourth-order valence-corrected chi connectivity index (χ4v) is 1.77. The molecule has 0 amide bonds. The van der Waals surface area contributed by atoms with Crippen molar-refractivity contribution in [1.82, 2.24) is 5.32 Å². The van der Waals surface area contributed by atoms with Crippen LogP contribution >= 0.6 is 0 Å². The summed E-state index contributed by atoms with van der Waals surface area (Å²) in [5.74, 6) is -0.221. The molecule has 0 aliphatic heterocycles. The van der Waals surface area contributed by atoms with Gasteiger partial charge >= 0.3 is 0 Å². The second-order valence-corrected chi connectivity index (χ2v) is 4.33. The van der Waals surface area contributed by atoms with Gasteiger partial charge in [0.2, 0.25) is 0 Å². The van der Waals surface area contributed by atoms with E-state index in [9.17, 15) is 9.50 Å². The third-order valence-electron chi connectivity index (χ3n) is 3.20. The lowest BCUT2D eigenvalue weighted by Gasteiger charge is -2.29. The highest BCUT2D eigenvalue weighted by Gasteiger charge is 2.19. The summed E-state index contributed by atoms with van der Waals surface area (Å²) in [7, 11) is 3.66. The van der Waals surface area contributed by atoms with E-state index >= 15 is 0 Å². The summed E-state index contributed by atoms with van der Waals surface area (Å²) in [6.07, 6.45) is 0. The van der Waals surface area contributed by atoms with E-state index in [0.29, 0.717) is 5.56 Å².